The van der Waals surface area contributed by atoms with Gasteiger partial charge in [-0.25, -0.2) is 0 Å². The number of halogens is 3. The summed E-state index contributed by atoms with van der Waals surface area (Å²) in [6.45, 7) is 6.13. The van der Waals surface area contributed by atoms with Crippen molar-refractivity contribution in [1.29, 1.82) is 0 Å². The number of rotatable bonds is 5. The molecule has 0 unspecified atom stereocenters. The molecule has 0 aliphatic carbocycles. The summed E-state index contributed by atoms with van der Waals surface area (Å²) in [5.41, 5.74) is 0.996. The molecule has 2 aromatic carbocycles. The van der Waals surface area contributed by atoms with Crippen LogP contribution in [-0.2, 0) is 6.18 Å². The Morgan fingerprint density at radius 2 is 1.70 bits per heavy atom. The molecule has 8 heteroatoms. The maximum absolute atomic E-state index is 12.8. The van der Waals surface area contributed by atoms with E-state index in [0.29, 0.717) is 17.3 Å². The van der Waals surface area contributed by atoms with E-state index in [9.17, 15) is 18.0 Å². The third-order valence-electron chi connectivity index (χ3n) is 3.38. The number of hydrogen-bond acceptors (Lipinski definition) is 2. The summed E-state index contributed by atoms with van der Waals surface area (Å²) in [4.78, 5) is 12.3. The minimum absolute atomic E-state index is 0.0619. The van der Waals surface area contributed by atoms with Gasteiger partial charge in [0.05, 0.1) is 5.56 Å². The SMILES string of the molecule is C=C(C)CNC(=S)Nc1cccc(C(=O)Nc2cccc(C(F)(F)F)c2)c1. The number of carbonyl (C=O) groups is 1. The van der Waals surface area contributed by atoms with Crippen molar-refractivity contribution in [3.05, 3.63) is 71.8 Å². The summed E-state index contributed by atoms with van der Waals surface area (Å²) in [5, 5.41) is 8.72. The molecule has 142 valence electrons. The number of alkyl halides is 3. The van der Waals surface area contributed by atoms with Crippen molar-refractivity contribution in [2.24, 2.45) is 0 Å². The first-order chi connectivity index (χ1) is 12.6. The number of hydrogen-bond donors (Lipinski definition) is 3. The van der Waals surface area contributed by atoms with E-state index >= 15 is 0 Å². The lowest BCUT2D eigenvalue weighted by atomic mass is 10.1. The smallest absolute Gasteiger partial charge is 0.359 e. The van der Waals surface area contributed by atoms with Crippen LogP contribution in [-0.4, -0.2) is 17.6 Å². The van der Waals surface area contributed by atoms with Gasteiger partial charge in [0.2, 0.25) is 0 Å². The highest BCUT2D eigenvalue weighted by Gasteiger charge is 2.30. The zero-order valence-electron chi connectivity index (χ0n) is 14.5. The van der Waals surface area contributed by atoms with E-state index in [4.69, 9.17) is 12.2 Å². The van der Waals surface area contributed by atoms with Gasteiger partial charge in [0.25, 0.3) is 5.91 Å². The summed E-state index contributed by atoms with van der Waals surface area (Å²) >= 11 is 5.15. The molecule has 0 aliphatic rings. The van der Waals surface area contributed by atoms with Crippen LogP contribution in [0.15, 0.2) is 60.7 Å². The lowest BCUT2D eigenvalue weighted by molar-refractivity contribution is -0.137. The molecule has 0 spiro atoms. The first-order valence-corrected chi connectivity index (χ1v) is 8.34. The quantitative estimate of drug-likeness (QED) is 0.504. The molecule has 0 atom stereocenters. The molecular weight excluding hydrogens is 375 g/mol. The Bertz CT molecular complexity index is 865. The second kappa shape index (κ2) is 8.68. The van der Waals surface area contributed by atoms with Crippen LogP contribution in [0, 0.1) is 0 Å². The summed E-state index contributed by atoms with van der Waals surface area (Å²) in [6.07, 6.45) is -4.48. The molecule has 2 aromatic rings. The average Bonchev–Trinajstić information content (AvgIpc) is 2.59. The number of carbonyl (C=O) groups excluding carboxylic acids is 1. The number of amides is 1. The lowest BCUT2D eigenvalue weighted by Gasteiger charge is -2.12. The number of nitrogens with one attached hydrogen (secondary N) is 3. The fourth-order valence-corrected chi connectivity index (χ4v) is 2.31. The number of anilines is 2. The molecule has 0 bridgehead atoms. The Balaban J connectivity index is 2.07. The van der Waals surface area contributed by atoms with Gasteiger partial charge in [-0.3, -0.25) is 4.79 Å². The largest absolute Gasteiger partial charge is 0.416 e. The van der Waals surface area contributed by atoms with Crippen LogP contribution >= 0.6 is 12.2 Å². The molecule has 1 amide bonds. The third kappa shape index (κ3) is 6.41. The van der Waals surface area contributed by atoms with E-state index in [-0.39, 0.29) is 11.3 Å². The maximum Gasteiger partial charge on any atom is 0.416 e. The summed E-state index contributed by atoms with van der Waals surface area (Å²) in [7, 11) is 0. The van der Waals surface area contributed by atoms with Crippen molar-refractivity contribution in [3.8, 4) is 0 Å². The Hall–Kier alpha value is -2.87. The highest BCUT2D eigenvalue weighted by Crippen LogP contribution is 2.30. The molecule has 0 heterocycles. The zero-order valence-corrected chi connectivity index (χ0v) is 15.3. The number of benzene rings is 2. The van der Waals surface area contributed by atoms with E-state index < -0.39 is 17.6 Å². The molecule has 0 saturated carbocycles. The van der Waals surface area contributed by atoms with E-state index in [1.165, 1.54) is 12.1 Å². The molecule has 27 heavy (non-hydrogen) atoms. The van der Waals surface area contributed by atoms with E-state index in [2.05, 4.69) is 22.5 Å². The van der Waals surface area contributed by atoms with Gasteiger partial charge in [-0.1, -0.05) is 24.3 Å². The predicted molar refractivity (Wildman–Crippen MR) is 105 cm³/mol. The normalized spacial score (nSPS) is 10.8. The molecule has 4 nitrogen and oxygen atoms in total. The standard InChI is InChI=1S/C19H18F3N3OS/c1-12(2)11-23-18(27)25-15-7-3-5-13(9-15)17(26)24-16-8-4-6-14(10-16)19(20,21)22/h3-10H,1,11H2,2H3,(H,24,26)(H2,23,25,27). The Morgan fingerprint density at radius 3 is 2.33 bits per heavy atom. The highest BCUT2D eigenvalue weighted by molar-refractivity contribution is 7.80. The first-order valence-electron chi connectivity index (χ1n) is 7.93. The zero-order chi connectivity index (χ0) is 20.0. The van der Waals surface area contributed by atoms with Gasteiger partial charge in [-0.05, 0) is 55.5 Å². The van der Waals surface area contributed by atoms with Crippen LogP contribution in [0.3, 0.4) is 0 Å². The highest BCUT2D eigenvalue weighted by atomic mass is 32.1. The maximum atomic E-state index is 12.8. The van der Waals surface area contributed by atoms with Crippen molar-refractivity contribution >= 4 is 34.6 Å². The second-order valence-corrected chi connectivity index (χ2v) is 6.29. The molecule has 0 saturated heterocycles. The molecule has 0 radical (unpaired) electrons. The Labute approximate surface area is 160 Å². The summed E-state index contributed by atoms with van der Waals surface area (Å²) in [5.74, 6) is -0.529. The van der Waals surface area contributed by atoms with Gasteiger partial charge in [0.15, 0.2) is 5.11 Å². The molecule has 0 aliphatic heterocycles. The molecular formula is C19H18F3N3OS. The van der Waals surface area contributed by atoms with Crippen molar-refractivity contribution in [3.63, 3.8) is 0 Å². The Kier molecular flexibility index (Phi) is 6.57. The van der Waals surface area contributed by atoms with Crippen molar-refractivity contribution in [2.75, 3.05) is 17.2 Å². The second-order valence-electron chi connectivity index (χ2n) is 5.88. The van der Waals surface area contributed by atoms with Crippen LogP contribution in [0.4, 0.5) is 24.5 Å². The minimum Gasteiger partial charge on any atom is -0.359 e. The topological polar surface area (TPSA) is 53.2 Å². The van der Waals surface area contributed by atoms with E-state index in [1.54, 1.807) is 24.3 Å². The van der Waals surface area contributed by atoms with Gasteiger partial charge in [0.1, 0.15) is 0 Å². The van der Waals surface area contributed by atoms with Crippen molar-refractivity contribution in [2.45, 2.75) is 13.1 Å². The third-order valence-corrected chi connectivity index (χ3v) is 3.63. The predicted octanol–water partition coefficient (Wildman–Crippen LogP) is 4.82. The molecule has 2 rings (SSSR count). The van der Waals surface area contributed by atoms with Crippen molar-refractivity contribution in [1.82, 2.24) is 5.32 Å². The average molecular weight is 393 g/mol. The van der Waals surface area contributed by atoms with E-state index in [1.807, 2.05) is 6.92 Å². The molecule has 0 fully saturated rings. The fraction of sp³-hybridized carbons (Fsp3) is 0.158. The van der Waals surface area contributed by atoms with Gasteiger partial charge in [0, 0.05) is 23.5 Å². The monoisotopic (exact) mass is 393 g/mol. The molecule has 0 aromatic heterocycles. The van der Waals surface area contributed by atoms with E-state index in [0.717, 1.165) is 17.7 Å². The number of thiocarbonyl (C=S) groups is 1. The van der Waals surface area contributed by atoms with Crippen LogP contribution in [0.1, 0.15) is 22.8 Å². The molecule has 3 N–H and O–H groups in total. The summed E-state index contributed by atoms with van der Waals surface area (Å²) in [6, 6.07) is 10.9. The first kappa shape index (κ1) is 20.4. The van der Waals surface area contributed by atoms with Crippen LogP contribution < -0.4 is 16.0 Å². The minimum atomic E-state index is -4.48. The van der Waals surface area contributed by atoms with Gasteiger partial charge in [-0.15, -0.1) is 0 Å². The fourth-order valence-electron chi connectivity index (χ4n) is 2.12. The Morgan fingerprint density at radius 1 is 1.07 bits per heavy atom. The van der Waals surface area contributed by atoms with Crippen molar-refractivity contribution < 1.29 is 18.0 Å². The summed E-state index contributed by atoms with van der Waals surface area (Å²) < 4.78 is 38.3. The van der Waals surface area contributed by atoms with Gasteiger partial charge >= 0.3 is 6.18 Å². The van der Waals surface area contributed by atoms with Gasteiger partial charge in [-0.2, -0.15) is 13.2 Å². The lowest BCUT2D eigenvalue weighted by Crippen LogP contribution is -2.29. The van der Waals surface area contributed by atoms with Crippen LogP contribution in [0.25, 0.3) is 0 Å². The van der Waals surface area contributed by atoms with Crippen LogP contribution in [0.5, 0.6) is 0 Å². The van der Waals surface area contributed by atoms with Crippen LogP contribution in [0.2, 0.25) is 0 Å². The van der Waals surface area contributed by atoms with Gasteiger partial charge < -0.3 is 16.0 Å².